The number of nitrogens with zero attached hydrogens (tertiary/aromatic N) is 1. The molecule has 4 nitrogen and oxygen atoms in total. The first kappa shape index (κ1) is 13.6. The molecule has 1 heterocycles. The topological polar surface area (TPSA) is 44.4 Å². The van der Waals surface area contributed by atoms with Crippen molar-refractivity contribution in [1.29, 1.82) is 0 Å². The minimum atomic E-state index is -0.0869. The molecule has 3 rings (SSSR count). The number of fused-ring (bicyclic) bond motifs is 1. The van der Waals surface area contributed by atoms with Gasteiger partial charge in [-0.25, -0.2) is 0 Å². The smallest absolute Gasteiger partial charge is 0.237 e. The van der Waals surface area contributed by atoms with Gasteiger partial charge in [0.25, 0.3) is 0 Å². The Hall–Kier alpha value is -1.39. The van der Waals surface area contributed by atoms with Crippen LogP contribution in [0.1, 0.15) is 24.0 Å². The lowest BCUT2D eigenvalue weighted by atomic mass is 9.95. The number of nitrogens with one attached hydrogen (secondary N) is 2. The average Bonchev–Trinajstić information content (AvgIpc) is 3.31. The summed E-state index contributed by atoms with van der Waals surface area (Å²) in [6.45, 7) is 2.47. The molecule has 1 saturated carbocycles. The highest BCUT2D eigenvalue weighted by Gasteiger charge is 2.26. The third-order valence-electron chi connectivity index (χ3n) is 4.33. The molecule has 0 unspecified atom stereocenters. The summed E-state index contributed by atoms with van der Waals surface area (Å²) in [5, 5.41) is 6.38. The molecule has 1 fully saturated rings. The summed E-state index contributed by atoms with van der Waals surface area (Å²) < 4.78 is 0. The Balaban J connectivity index is 1.46. The van der Waals surface area contributed by atoms with Crippen molar-refractivity contribution in [2.75, 3.05) is 20.1 Å². The minimum Gasteiger partial charge on any atom is -0.353 e. The van der Waals surface area contributed by atoms with Gasteiger partial charge < -0.3 is 15.5 Å². The van der Waals surface area contributed by atoms with Crippen molar-refractivity contribution in [3.8, 4) is 0 Å². The van der Waals surface area contributed by atoms with Crippen LogP contribution in [0.3, 0.4) is 0 Å². The van der Waals surface area contributed by atoms with E-state index in [4.69, 9.17) is 0 Å². The summed E-state index contributed by atoms with van der Waals surface area (Å²) in [6.07, 6.45) is 3.41. The maximum atomic E-state index is 12.2. The first-order valence-electron chi connectivity index (χ1n) is 7.52. The summed E-state index contributed by atoms with van der Waals surface area (Å²) in [4.78, 5) is 14.5. The van der Waals surface area contributed by atoms with Crippen LogP contribution in [-0.2, 0) is 17.8 Å². The zero-order valence-electron chi connectivity index (χ0n) is 12.1. The van der Waals surface area contributed by atoms with E-state index in [-0.39, 0.29) is 11.9 Å². The molecule has 1 aliphatic carbocycles. The number of likely N-dealkylation sites (N-methyl/N-ethyl adjacent to an activating group) is 1. The standard InChI is InChI=1S/C16H23N3O/c1-19(14-6-7-14)9-8-17-16(20)15-10-12-4-2-3-5-13(12)11-18-15/h2-5,14-15,18H,6-11H2,1H3,(H,17,20)/t15-/m1/s1. The molecular weight excluding hydrogens is 250 g/mol. The van der Waals surface area contributed by atoms with Gasteiger partial charge in [0.05, 0.1) is 6.04 Å². The van der Waals surface area contributed by atoms with Crippen LogP contribution in [0.5, 0.6) is 0 Å². The van der Waals surface area contributed by atoms with Gasteiger partial charge in [0.15, 0.2) is 0 Å². The van der Waals surface area contributed by atoms with Crippen LogP contribution in [0.4, 0.5) is 0 Å². The minimum absolute atomic E-state index is 0.0869. The van der Waals surface area contributed by atoms with Crippen LogP contribution in [-0.4, -0.2) is 43.0 Å². The predicted molar refractivity (Wildman–Crippen MR) is 79.4 cm³/mol. The van der Waals surface area contributed by atoms with Crippen LogP contribution in [0, 0.1) is 0 Å². The van der Waals surface area contributed by atoms with Crippen molar-refractivity contribution in [2.24, 2.45) is 0 Å². The van der Waals surface area contributed by atoms with Gasteiger partial charge >= 0.3 is 0 Å². The Labute approximate surface area is 120 Å². The molecule has 1 aliphatic heterocycles. The third-order valence-corrected chi connectivity index (χ3v) is 4.33. The van der Waals surface area contributed by atoms with Crippen molar-refractivity contribution < 1.29 is 4.79 Å². The SMILES string of the molecule is CN(CCNC(=O)[C@H]1Cc2ccccc2CN1)C1CC1. The van der Waals surface area contributed by atoms with Crippen LogP contribution in [0.25, 0.3) is 0 Å². The fourth-order valence-electron chi connectivity index (χ4n) is 2.82. The van der Waals surface area contributed by atoms with E-state index in [2.05, 4.69) is 40.8 Å². The van der Waals surface area contributed by atoms with Crippen molar-refractivity contribution >= 4 is 5.91 Å². The van der Waals surface area contributed by atoms with E-state index >= 15 is 0 Å². The second kappa shape index (κ2) is 5.94. The normalized spacial score (nSPS) is 21.6. The Morgan fingerprint density at radius 3 is 2.85 bits per heavy atom. The van der Waals surface area contributed by atoms with E-state index in [0.717, 1.165) is 32.1 Å². The highest BCUT2D eigenvalue weighted by atomic mass is 16.2. The molecule has 1 aromatic carbocycles. The van der Waals surface area contributed by atoms with E-state index in [0.29, 0.717) is 0 Å². The van der Waals surface area contributed by atoms with Crippen LogP contribution >= 0.6 is 0 Å². The molecule has 1 amide bonds. The highest BCUT2D eigenvalue weighted by molar-refractivity contribution is 5.82. The van der Waals surface area contributed by atoms with Crippen molar-refractivity contribution in [1.82, 2.24) is 15.5 Å². The van der Waals surface area contributed by atoms with Gasteiger partial charge in [0.2, 0.25) is 5.91 Å². The van der Waals surface area contributed by atoms with Crippen molar-refractivity contribution in [2.45, 2.75) is 37.9 Å². The maximum Gasteiger partial charge on any atom is 0.237 e. The molecule has 0 aromatic heterocycles. The summed E-state index contributed by atoms with van der Waals surface area (Å²) in [6, 6.07) is 9.01. The molecule has 0 spiro atoms. The highest BCUT2D eigenvalue weighted by Crippen LogP contribution is 2.24. The Kier molecular flexibility index (Phi) is 4.03. The summed E-state index contributed by atoms with van der Waals surface area (Å²) in [5.41, 5.74) is 2.60. The second-order valence-electron chi connectivity index (χ2n) is 5.91. The molecule has 1 aromatic rings. The fourth-order valence-corrected chi connectivity index (χ4v) is 2.82. The van der Waals surface area contributed by atoms with Gasteiger partial charge in [-0.15, -0.1) is 0 Å². The van der Waals surface area contributed by atoms with Gasteiger partial charge in [-0.1, -0.05) is 24.3 Å². The van der Waals surface area contributed by atoms with E-state index in [1.165, 1.54) is 24.0 Å². The number of benzene rings is 1. The largest absolute Gasteiger partial charge is 0.353 e. The van der Waals surface area contributed by atoms with Gasteiger partial charge in [0.1, 0.15) is 0 Å². The quantitative estimate of drug-likeness (QED) is 0.838. The number of hydrogen-bond donors (Lipinski definition) is 2. The number of carbonyl (C=O) groups is 1. The maximum absolute atomic E-state index is 12.2. The lowest BCUT2D eigenvalue weighted by Gasteiger charge is -2.25. The zero-order chi connectivity index (χ0) is 13.9. The summed E-state index contributed by atoms with van der Waals surface area (Å²) in [5.74, 6) is 0.128. The second-order valence-corrected chi connectivity index (χ2v) is 5.91. The molecular formula is C16H23N3O. The number of rotatable bonds is 5. The van der Waals surface area contributed by atoms with Gasteiger partial charge in [0, 0.05) is 25.7 Å². The zero-order valence-corrected chi connectivity index (χ0v) is 12.1. The molecule has 0 bridgehead atoms. The fraction of sp³-hybridized carbons (Fsp3) is 0.562. The third kappa shape index (κ3) is 3.19. The predicted octanol–water partition coefficient (Wildman–Crippen LogP) is 0.911. The summed E-state index contributed by atoms with van der Waals surface area (Å²) in [7, 11) is 2.14. The van der Waals surface area contributed by atoms with Crippen LogP contribution in [0.15, 0.2) is 24.3 Å². The summed E-state index contributed by atoms with van der Waals surface area (Å²) >= 11 is 0. The monoisotopic (exact) mass is 273 g/mol. The average molecular weight is 273 g/mol. The first-order valence-corrected chi connectivity index (χ1v) is 7.52. The van der Waals surface area contributed by atoms with Crippen LogP contribution < -0.4 is 10.6 Å². The Bertz CT molecular complexity index is 484. The molecule has 0 radical (unpaired) electrons. The Morgan fingerprint density at radius 1 is 1.35 bits per heavy atom. The number of carbonyl (C=O) groups excluding carboxylic acids is 1. The van der Waals surface area contributed by atoms with Gasteiger partial charge in [-0.05, 0) is 37.4 Å². The first-order chi connectivity index (χ1) is 9.74. The van der Waals surface area contributed by atoms with E-state index in [1.54, 1.807) is 0 Å². The lowest BCUT2D eigenvalue weighted by molar-refractivity contribution is -0.123. The molecule has 108 valence electrons. The van der Waals surface area contributed by atoms with E-state index in [9.17, 15) is 4.79 Å². The molecule has 2 aliphatic rings. The number of hydrogen-bond acceptors (Lipinski definition) is 3. The molecule has 4 heteroatoms. The lowest BCUT2D eigenvalue weighted by Crippen LogP contribution is -2.49. The van der Waals surface area contributed by atoms with E-state index in [1.807, 2.05) is 6.07 Å². The van der Waals surface area contributed by atoms with Gasteiger partial charge in [-0.2, -0.15) is 0 Å². The van der Waals surface area contributed by atoms with Crippen molar-refractivity contribution in [3.05, 3.63) is 35.4 Å². The van der Waals surface area contributed by atoms with Gasteiger partial charge in [-0.3, -0.25) is 4.79 Å². The number of amides is 1. The van der Waals surface area contributed by atoms with E-state index < -0.39 is 0 Å². The molecule has 0 saturated heterocycles. The van der Waals surface area contributed by atoms with Crippen LogP contribution in [0.2, 0.25) is 0 Å². The Morgan fingerprint density at radius 2 is 2.10 bits per heavy atom. The molecule has 1 atom stereocenters. The molecule has 2 N–H and O–H groups in total. The molecule has 20 heavy (non-hydrogen) atoms. The van der Waals surface area contributed by atoms with Crippen molar-refractivity contribution in [3.63, 3.8) is 0 Å².